The highest BCUT2D eigenvalue weighted by molar-refractivity contribution is 5.77. The van der Waals surface area contributed by atoms with Crippen molar-refractivity contribution in [2.75, 3.05) is 50.8 Å². The first kappa shape index (κ1) is 15.6. The van der Waals surface area contributed by atoms with E-state index in [0.29, 0.717) is 0 Å². The first-order valence-corrected chi connectivity index (χ1v) is 7.71. The summed E-state index contributed by atoms with van der Waals surface area (Å²) in [6, 6.07) is 7.99. The Balaban J connectivity index is 1.86. The number of nitrogens with one attached hydrogen (secondary N) is 1. The number of amides is 1. The van der Waals surface area contributed by atoms with Crippen LogP contribution in [0, 0.1) is 0 Å². The predicted molar refractivity (Wildman–Crippen MR) is 84.9 cm³/mol. The molecule has 0 atom stereocenters. The molecular formula is C16H25N3O2. The molecule has 1 saturated heterocycles. The Morgan fingerprint density at radius 3 is 2.38 bits per heavy atom. The van der Waals surface area contributed by atoms with E-state index in [0.717, 1.165) is 45.0 Å². The number of piperazine rings is 1. The van der Waals surface area contributed by atoms with Crippen LogP contribution in [-0.2, 0) is 4.79 Å². The normalized spacial score (nSPS) is 14.9. The molecule has 0 saturated carbocycles. The number of carbonyl (C=O) groups excluding carboxylic acids is 1. The number of benzene rings is 1. The molecule has 1 heterocycles. The second-order valence-corrected chi connectivity index (χ2v) is 5.09. The molecule has 1 amide bonds. The zero-order valence-corrected chi connectivity index (χ0v) is 13.0. The summed E-state index contributed by atoms with van der Waals surface area (Å²) >= 11 is 0. The molecule has 1 aromatic carbocycles. The van der Waals surface area contributed by atoms with Crippen LogP contribution >= 0.6 is 0 Å². The van der Waals surface area contributed by atoms with Crippen LogP contribution in [0.2, 0.25) is 0 Å². The van der Waals surface area contributed by atoms with E-state index in [1.54, 1.807) is 4.90 Å². The molecular weight excluding hydrogens is 266 g/mol. The van der Waals surface area contributed by atoms with Gasteiger partial charge >= 0.3 is 0 Å². The summed E-state index contributed by atoms with van der Waals surface area (Å²) in [5.41, 5.74) is 1.21. The van der Waals surface area contributed by atoms with Gasteiger partial charge in [-0.25, -0.2) is 0 Å². The summed E-state index contributed by atoms with van der Waals surface area (Å²) in [6.07, 6.45) is 0. The van der Waals surface area contributed by atoms with Gasteiger partial charge in [-0.15, -0.1) is 0 Å². The van der Waals surface area contributed by atoms with Crippen LogP contribution in [0.25, 0.3) is 0 Å². The zero-order chi connectivity index (χ0) is 15.1. The molecule has 5 heteroatoms. The maximum absolute atomic E-state index is 11.9. The molecule has 21 heavy (non-hydrogen) atoms. The number of hydrogen-bond acceptors (Lipinski definition) is 4. The number of hydrogen-bond donors (Lipinski definition) is 1. The van der Waals surface area contributed by atoms with Gasteiger partial charge in [0.15, 0.2) is 6.61 Å². The molecule has 1 aromatic rings. The summed E-state index contributed by atoms with van der Waals surface area (Å²) in [7, 11) is 0. The first-order chi connectivity index (χ1) is 10.2. The number of carbonyl (C=O) groups is 1. The molecule has 0 spiro atoms. The van der Waals surface area contributed by atoms with Gasteiger partial charge in [-0.2, -0.15) is 0 Å². The van der Waals surface area contributed by atoms with Crippen molar-refractivity contribution >= 4 is 11.6 Å². The Labute approximate surface area is 126 Å². The summed E-state index contributed by atoms with van der Waals surface area (Å²) in [5, 5.41) is 3.34. The fraction of sp³-hybridized carbons (Fsp3) is 0.562. The lowest BCUT2D eigenvalue weighted by molar-refractivity contribution is -0.132. The third-order valence-electron chi connectivity index (χ3n) is 3.80. The van der Waals surface area contributed by atoms with Crippen LogP contribution in [0.1, 0.15) is 13.8 Å². The molecule has 1 fully saturated rings. The largest absolute Gasteiger partial charge is 0.484 e. The molecule has 2 rings (SSSR count). The van der Waals surface area contributed by atoms with Crippen LogP contribution in [0.5, 0.6) is 5.75 Å². The van der Waals surface area contributed by atoms with Crippen LogP contribution in [0.15, 0.2) is 24.3 Å². The van der Waals surface area contributed by atoms with E-state index in [4.69, 9.17) is 4.74 Å². The van der Waals surface area contributed by atoms with Crippen LogP contribution in [0.4, 0.5) is 5.69 Å². The molecule has 0 bridgehead atoms. The lowest BCUT2D eigenvalue weighted by atomic mass is 10.2. The number of likely N-dealkylation sites (N-methyl/N-ethyl adjacent to an activating group) is 1. The molecule has 1 N–H and O–H groups in total. The summed E-state index contributed by atoms with van der Waals surface area (Å²) in [4.78, 5) is 16.0. The Morgan fingerprint density at radius 2 is 1.81 bits per heavy atom. The van der Waals surface area contributed by atoms with E-state index in [1.807, 2.05) is 26.0 Å². The highest BCUT2D eigenvalue weighted by atomic mass is 16.5. The number of anilines is 1. The quantitative estimate of drug-likeness (QED) is 0.859. The Hall–Kier alpha value is -1.75. The third-order valence-corrected chi connectivity index (χ3v) is 3.80. The molecule has 1 aliphatic heterocycles. The van der Waals surface area contributed by atoms with Crippen molar-refractivity contribution in [3.05, 3.63) is 24.3 Å². The number of nitrogens with zero attached hydrogens (tertiary/aromatic N) is 2. The fourth-order valence-electron chi connectivity index (χ4n) is 2.49. The van der Waals surface area contributed by atoms with E-state index in [2.05, 4.69) is 22.3 Å². The van der Waals surface area contributed by atoms with Crippen LogP contribution < -0.4 is 15.0 Å². The third kappa shape index (κ3) is 4.36. The van der Waals surface area contributed by atoms with Crippen LogP contribution in [-0.4, -0.2) is 56.7 Å². The van der Waals surface area contributed by atoms with Gasteiger partial charge in [0.05, 0.1) is 0 Å². The molecule has 0 aliphatic carbocycles. The van der Waals surface area contributed by atoms with Crippen LogP contribution in [0.3, 0.4) is 0 Å². The predicted octanol–water partition coefficient (Wildman–Crippen LogP) is 1.34. The molecule has 0 unspecified atom stereocenters. The second kappa shape index (κ2) is 7.88. The summed E-state index contributed by atoms with van der Waals surface area (Å²) in [5.74, 6) is 0.778. The van der Waals surface area contributed by atoms with Gasteiger partial charge in [0.25, 0.3) is 5.91 Å². The monoisotopic (exact) mass is 291 g/mol. The topological polar surface area (TPSA) is 44.8 Å². The van der Waals surface area contributed by atoms with Crippen molar-refractivity contribution in [2.24, 2.45) is 0 Å². The maximum Gasteiger partial charge on any atom is 0.260 e. The van der Waals surface area contributed by atoms with Gasteiger partial charge in [-0.05, 0) is 38.1 Å². The lowest BCUT2D eigenvalue weighted by Gasteiger charge is -2.29. The van der Waals surface area contributed by atoms with Gasteiger partial charge in [0.1, 0.15) is 5.75 Å². The van der Waals surface area contributed by atoms with Gasteiger partial charge in [-0.1, -0.05) is 0 Å². The highest BCUT2D eigenvalue weighted by Crippen LogP contribution is 2.19. The van der Waals surface area contributed by atoms with Crippen molar-refractivity contribution in [1.82, 2.24) is 10.2 Å². The number of ether oxygens (including phenoxy) is 1. The van der Waals surface area contributed by atoms with Gasteiger partial charge in [0.2, 0.25) is 0 Å². The molecule has 5 nitrogen and oxygen atoms in total. The minimum absolute atomic E-state index is 0.0335. The summed E-state index contributed by atoms with van der Waals surface area (Å²) < 4.78 is 5.57. The fourth-order valence-corrected chi connectivity index (χ4v) is 2.49. The first-order valence-electron chi connectivity index (χ1n) is 7.71. The minimum Gasteiger partial charge on any atom is -0.484 e. The second-order valence-electron chi connectivity index (χ2n) is 5.09. The van der Waals surface area contributed by atoms with Gasteiger partial charge < -0.3 is 19.9 Å². The summed E-state index contributed by atoms with van der Waals surface area (Å²) in [6.45, 7) is 9.61. The lowest BCUT2D eigenvalue weighted by Crippen LogP contribution is -2.43. The highest BCUT2D eigenvalue weighted by Gasteiger charge is 2.12. The van der Waals surface area contributed by atoms with Gasteiger partial charge in [0, 0.05) is 45.0 Å². The molecule has 116 valence electrons. The maximum atomic E-state index is 11.9. The Bertz CT molecular complexity index is 437. The van der Waals surface area contributed by atoms with E-state index in [9.17, 15) is 4.79 Å². The standard InChI is InChI=1S/C16H25N3O2/c1-3-18(4-2)16(20)13-21-15-7-5-14(6-8-15)19-11-9-17-10-12-19/h5-8,17H,3-4,9-13H2,1-2H3. The van der Waals surface area contributed by atoms with E-state index in [-0.39, 0.29) is 12.5 Å². The van der Waals surface area contributed by atoms with E-state index in [1.165, 1.54) is 5.69 Å². The van der Waals surface area contributed by atoms with Crippen molar-refractivity contribution in [3.8, 4) is 5.75 Å². The van der Waals surface area contributed by atoms with Crippen molar-refractivity contribution in [3.63, 3.8) is 0 Å². The Kier molecular flexibility index (Phi) is 5.87. The van der Waals surface area contributed by atoms with Crippen molar-refractivity contribution in [2.45, 2.75) is 13.8 Å². The smallest absolute Gasteiger partial charge is 0.260 e. The molecule has 1 aliphatic rings. The number of rotatable bonds is 6. The van der Waals surface area contributed by atoms with Crippen molar-refractivity contribution in [1.29, 1.82) is 0 Å². The Morgan fingerprint density at radius 1 is 1.19 bits per heavy atom. The van der Waals surface area contributed by atoms with E-state index >= 15 is 0 Å². The van der Waals surface area contributed by atoms with Gasteiger partial charge in [-0.3, -0.25) is 4.79 Å². The average Bonchev–Trinajstić information content (AvgIpc) is 2.55. The molecule has 0 aromatic heterocycles. The van der Waals surface area contributed by atoms with E-state index < -0.39 is 0 Å². The van der Waals surface area contributed by atoms with Crippen molar-refractivity contribution < 1.29 is 9.53 Å². The zero-order valence-electron chi connectivity index (χ0n) is 13.0. The average molecular weight is 291 g/mol. The SMILES string of the molecule is CCN(CC)C(=O)COc1ccc(N2CCNCC2)cc1. The minimum atomic E-state index is 0.0335. The molecule has 0 radical (unpaired) electrons.